The van der Waals surface area contributed by atoms with Crippen LogP contribution in [-0.4, -0.2) is 35.4 Å². The summed E-state index contributed by atoms with van der Waals surface area (Å²) < 4.78 is 5.92. The van der Waals surface area contributed by atoms with Crippen molar-refractivity contribution in [3.05, 3.63) is 77.5 Å². The number of carbonyl (C=O) groups is 1. The van der Waals surface area contributed by atoms with E-state index >= 15 is 0 Å². The molecule has 2 aromatic carbocycles. The number of nitrogens with one attached hydrogen (secondary N) is 1. The monoisotopic (exact) mass is 338 g/mol. The number of benzene rings is 2. The first kappa shape index (κ1) is 17.0. The molecule has 25 heavy (non-hydrogen) atoms. The van der Waals surface area contributed by atoms with Crippen LogP contribution in [0.5, 0.6) is 5.75 Å². The Hall–Kier alpha value is -2.79. The lowest BCUT2D eigenvalue weighted by Crippen LogP contribution is -2.46. The summed E-state index contributed by atoms with van der Waals surface area (Å²) in [7, 11) is 0. The van der Waals surface area contributed by atoms with Crippen molar-refractivity contribution >= 4 is 6.03 Å². The topological polar surface area (TPSA) is 61.8 Å². The summed E-state index contributed by atoms with van der Waals surface area (Å²) in [6.45, 7) is 2.85. The number of rotatable bonds is 6. The molecule has 5 heteroatoms. The first-order chi connectivity index (χ1) is 12.1. The number of nitrogens with zero attached hydrogens (tertiary/aromatic N) is 1. The van der Waals surface area contributed by atoms with E-state index < -0.39 is 6.23 Å². The summed E-state index contributed by atoms with van der Waals surface area (Å²) in [6, 6.07) is 16.1. The van der Waals surface area contributed by atoms with Gasteiger partial charge >= 0.3 is 6.03 Å². The Morgan fingerprint density at radius 2 is 2.00 bits per heavy atom. The van der Waals surface area contributed by atoms with E-state index in [1.807, 2.05) is 30.3 Å². The van der Waals surface area contributed by atoms with E-state index in [9.17, 15) is 9.90 Å². The third-order valence-corrected chi connectivity index (χ3v) is 4.02. The zero-order valence-electron chi connectivity index (χ0n) is 14.2. The second-order valence-corrected chi connectivity index (χ2v) is 6.05. The molecular weight excluding hydrogens is 316 g/mol. The van der Waals surface area contributed by atoms with Gasteiger partial charge in [0.1, 0.15) is 18.6 Å². The lowest BCUT2D eigenvalue weighted by molar-refractivity contribution is 0.147. The maximum absolute atomic E-state index is 11.7. The SMILES string of the molecule is Cc1ccc(OCCN2C=CC(O)NC2=O)c(Cc2ccccc2)c1. The van der Waals surface area contributed by atoms with Crippen LogP contribution in [0.4, 0.5) is 4.79 Å². The minimum atomic E-state index is -0.917. The van der Waals surface area contributed by atoms with Crippen LogP contribution >= 0.6 is 0 Å². The molecule has 2 aromatic rings. The second-order valence-electron chi connectivity index (χ2n) is 6.05. The van der Waals surface area contributed by atoms with Crippen molar-refractivity contribution in [2.45, 2.75) is 19.6 Å². The fraction of sp³-hybridized carbons (Fsp3) is 0.250. The molecule has 130 valence electrons. The highest BCUT2D eigenvalue weighted by Crippen LogP contribution is 2.23. The molecule has 0 bridgehead atoms. The molecule has 0 spiro atoms. The molecule has 0 aliphatic carbocycles. The molecule has 1 aliphatic heterocycles. The van der Waals surface area contributed by atoms with Gasteiger partial charge in [0.05, 0.1) is 6.54 Å². The Balaban J connectivity index is 1.64. The standard InChI is InChI=1S/C20H22N2O3/c1-15-7-8-18(17(13-15)14-16-5-3-2-4-6-16)25-12-11-22-10-9-19(23)21-20(22)24/h2-10,13,19,23H,11-12,14H2,1H3,(H,21,24). The van der Waals surface area contributed by atoms with Gasteiger partial charge in [0.25, 0.3) is 0 Å². The van der Waals surface area contributed by atoms with E-state index in [4.69, 9.17) is 4.74 Å². The van der Waals surface area contributed by atoms with Crippen LogP contribution in [0.1, 0.15) is 16.7 Å². The van der Waals surface area contributed by atoms with Gasteiger partial charge in [0, 0.05) is 12.6 Å². The molecule has 1 atom stereocenters. The van der Waals surface area contributed by atoms with Crippen molar-refractivity contribution in [1.29, 1.82) is 0 Å². The highest BCUT2D eigenvalue weighted by molar-refractivity contribution is 5.76. The van der Waals surface area contributed by atoms with Gasteiger partial charge in [-0.05, 0) is 30.2 Å². The molecule has 1 aliphatic rings. The van der Waals surface area contributed by atoms with Crippen LogP contribution in [0.2, 0.25) is 0 Å². The van der Waals surface area contributed by atoms with E-state index in [1.165, 1.54) is 22.1 Å². The number of ether oxygens (including phenoxy) is 1. The predicted octanol–water partition coefficient (Wildman–Crippen LogP) is 2.82. The van der Waals surface area contributed by atoms with Crippen molar-refractivity contribution in [1.82, 2.24) is 10.2 Å². The van der Waals surface area contributed by atoms with Gasteiger partial charge in [0.15, 0.2) is 0 Å². The van der Waals surface area contributed by atoms with E-state index in [0.29, 0.717) is 13.2 Å². The lowest BCUT2D eigenvalue weighted by atomic mass is 10.0. The zero-order valence-corrected chi connectivity index (χ0v) is 14.2. The number of aryl methyl sites for hydroxylation is 1. The smallest absolute Gasteiger partial charge is 0.323 e. The molecule has 0 saturated carbocycles. The van der Waals surface area contributed by atoms with Crippen molar-refractivity contribution in [2.75, 3.05) is 13.2 Å². The molecule has 0 radical (unpaired) electrons. The maximum Gasteiger partial charge on any atom is 0.323 e. The first-order valence-corrected chi connectivity index (χ1v) is 8.31. The van der Waals surface area contributed by atoms with Crippen LogP contribution < -0.4 is 10.1 Å². The van der Waals surface area contributed by atoms with E-state index in [1.54, 1.807) is 6.20 Å². The number of amides is 2. The molecule has 0 aromatic heterocycles. The number of carbonyl (C=O) groups excluding carboxylic acids is 1. The summed E-state index contributed by atoms with van der Waals surface area (Å²) in [4.78, 5) is 13.2. The minimum absolute atomic E-state index is 0.327. The Morgan fingerprint density at radius 3 is 2.76 bits per heavy atom. The quantitative estimate of drug-likeness (QED) is 0.851. The Bertz CT molecular complexity index is 759. The average Bonchev–Trinajstić information content (AvgIpc) is 2.59. The van der Waals surface area contributed by atoms with E-state index in [0.717, 1.165) is 17.7 Å². The van der Waals surface area contributed by atoms with Crippen molar-refractivity contribution < 1.29 is 14.6 Å². The largest absolute Gasteiger partial charge is 0.491 e. The average molecular weight is 338 g/mol. The molecule has 3 rings (SSSR count). The third kappa shape index (κ3) is 4.61. The molecule has 1 unspecified atom stereocenters. The number of hydrogen-bond donors (Lipinski definition) is 2. The first-order valence-electron chi connectivity index (χ1n) is 8.31. The fourth-order valence-corrected chi connectivity index (χ4v) is 2.74. The summed E-state index contributed by atoms with van der Waals surface area (Å²) in [5, 5.41) is 11.8. The molecule has 0 fully saturated rings. The van der Waals surface area contributed by atoms with Crippen LogP contribution in [-0.2, 0) is 6.42 Å². The summed E-state index contributed by atoms with van der Waals surface area (Å²) in [5.74, 6) is 0.830. The maximum atomic E-state index is 11.7. The summed E-state index contributed by atoms with van der Waals surface area (Å²) >= 11 is 0. The van der Waals surface area contributed by atoms with Gasteiger partial charge in [-0.3, -0.25) is 4.90 Å². The fourth-order valence-electron chi connectivity index (χ4n) is 2.74. The highest BCUT2D eigenvalue weighted by atomic mass is 16.5. The van der Waals surface area contributed by atoms with E-state index in [2.05, 4.69) is 30.4 Å². The summed E-state index contributed by atoms with van der Waals surface area (Å²) in [6.07, 6.45) is 2.98. The van der Waals surface area contributed by atoms with Crippen molar-refractivity contribution in [2.24, 2.45) is 0 Å². The van der Waals surface area contributed by atoms with Gasteiger partial charge in [-0.15, -0.1) is 0 Å². The molecule has 2 N–H and O–H groups in total. The third-order valence-electron chi connectivity index (χ3n) is 4.02. The molecule has 1 heterocycles. The normalized spacial score (nSPS) is 16.6. The summed E-state index contributed by atoms with van der Waals surface area (Å²) in [5.41, 5.74) is 3.54. The Morgan fingerprint density at radius 1 is 1.20 bits per heavy atom. The van der Waals surface area contributed by atoms with Crippen molar-refractivity contribution in [3.8, 4) is 5.75 Å². The van der Waals surface area contributed by atoms with Crippen molar-refractivity contribution in [3.63, 3.8) is 0 Å². The molecule has 0 saturated heterocycles. The van der Waals surface area contributed by atoms with Gasteiger partial charge in [0.2, 0.25) is 0 Å². The lowest BCUT2D eigenvalue weighted by Gasteiger charge is -2.25. The van der Waals surface area contributed by atoms with Crippen LogP contribution in [0, 0.1) is 6.92 Å². The second kappa shape index (κ2) is 7.85. The number of urea groups is 1. The molecular formula is C20H22N2O3. The van der Waals surface area contributed by atoms with Gasteiger partial charge < -0.3 is 15.2 Å². The van der Waals surface area contributed by atoms with Gasteiger partial charge in [-0.1, -0.05) is 48.0 Å². The number of hydrogen-bond acceptors (Lipinski definition) is 3. The Labute approximate surface area is 147 Å². The number of aliphatic hydroxyl groups excluding tert-OH is 1. The van der Waals surface area contributed by atoms with Crippen LogP contribution in [0.3, 0.4) is 0 Å². The Kier molecular flexibility index (Phi) is 5.36. The zero-order chi connectivity index (χ0) is 17.6. The minimum Gasteiger partial charge on any atom is -0.491 e. The van der Waals surface area contributed by atoms with Crippen LogP contribution in [0.15, 0.2) is 60.8 Å². The predicted molar refractivity (Wildman–Crippen MR) is 96.3 cm³/mol. The van der Waals surface area contributed by atoms with E-state index in [-0.39, 0.29) is 6.03 Å². The van der Waals surface area contributed by atoms with Gasteiger partial charge in [-0.2, -0.15) is 0 Å². The van der Waals surface area contributed by atoms with Gasteiger partial charge in [-0.25, -0.2) is 4.79 Å². The highest BCUT2D eigenvalue weighted by Gasteiger charge is 2.18. The molecule has 2 amide bonds. The molecule has 5 nitrogen and oxygen atoms in total. The number of aliphatic hydroxyl groups is 1. The van der Waals surface area contributed by atoms with Crippen LogP contribution in [0.25, 0.3) is 0 Å².